The molecule has 0 bridgehead atoms. The van der Waals surface area contributed by atoms with Crippen LogP contribution in [0.15, 0.2) is 47.6 Å². The van der Waals surface area contributed by atoms with Gasteiger partial charge >= 0.3 is 6.03 Å². The number of benzene rings is 2. The zero-order valence-electron chi connectivity index (χ0n) is 20.5. The average Bonchev–Trinajstić information content (AvgIpc) is 3.28. The van der Waals surface area contributed by atoms with Crippen molar-refractivity contribution in [1.29, 1.82) is 0 Å². The van der Waals surface area contributed by atoms with Crippen LogP contribution >= 0.6 is 0 Å². The minimum absolute atomic E-state index is 0.0314. The number of ether oxygens (including phenoxy) is 3. The van der Waals surface area contributed by atoms with Crippen molar-refractivity contribution >= 4 is 17.6 Å². The molecule has 0 spiro atoms. The van der Waals surface area contributed by atoms with Crippen LogP contribution in [0, 0.1) is 0 Å². The van der Waals surface area contributed by atoms with Gasteiger partial charge in [-0.25, -0.2) is 9.80 Å². The van der Waals surface area contributed by atoms with Crippen molar-refractivity contribution in [2.75, 3.05) is 34.9 Å². The Kier molecular flexibility index (Phi) is 7.99. The van der Waals surface area contributed by atoms with E-state index in [0.717, 1.165) is 22.6 Å². The van der Waals surface area contributed by atoms with Crippen molar-refractivity contribution in [1.82, 2.24) is 15.2 Å². The molecule has 0 saturated heterocycles. The maximum Gasteiger partial charge on any atom is 0.317 e. The molecule has 0 aromatic heterocycles. The third kappa shape index (κ3) is 5.59. The van der Waals surface area contributed by atoms with Crippen LogP contribution in [0.4, 0.5) is 4.79 Å². The maximum absolute atomic E-state index is 13.3. The fourth-order valence-electron chi connectivity index (χ4n) is 3.72. The number of hydrogen-bond acceptors (Lipinski definition) is 6. The van der Waals surface area contributed by atoms with E-state index in [1.165, 1.54) is 9.91 Å². The van der Waals surface area contributed by atoms with Gasteiger partial charge < -0.3 is 24.4 Å². The molecular formula is C25H32N4O5. The number of amides is 3. The lowest BCUT2D eigenvalue weighted by Gasteiger charge is -2.26. The Bertz CT molecular complexity index is 1050. The van der Waals surface area contributed by atoms with Crippen LogP contribution < -0.4 is 19.5 Å². The Morgan fingerprint density at radius 3 is 2.32 bits per heavy atom. The second kappa shape index (κ2) is 10.9. The number of nitrogens with zero attached hydrogens (tertiary/aromatic N) is 3. The molecule has 1 unspecified atom stereocenters. The van der Waals surface area contributed by atoms with Crippen molar-refractivity contribution in [3.63, 3.8) is 0 Å². The summed E-state index contributed by atoms with van der Waals surface area (Å²) in [5, 5.41) is 8.92. The summed E-state index contributed by atoms with van der Waals surface area (Å²) in [4.78, 5) is 27.0. The number of likely N-dealkylation sites (N-methyl/N-ethyl adjacent to an activating group) is 1. The van der Waals surface area contributed by atoms with E-state index in [-0.39, 0.29) is 30.6 Å². The Morgan fingerprint density at radius 2 is 1.74 bits per heavy atom. The summed E-state index contributed by atoms with van der Waals surface area (Å²) in [5.41, 5.74) is 2.52. The molecule has 1 atom stereocenters. The molecule has 182 valence electrons. The highest BCUT2D eigenvalue weighted by Gasteiger charge is 2.34. The quantitative estimate of drug-likeness (QED) is 0.641. The van der Waals surface area contributed by atoms with E-state index in [9.17, 15) is 9.59 Å². The van der Waals surface area contributed by atoms with Gasteiger partial charge in [-0.15, -0.1) is 0 Å². The van der Waals surface area contributed by atoms with E-state index < -0.39 is 0 Å². The number of carbonyl (C=O) groups is 2. The fraction of sp³-hybridized carbons (Fsp3) is 0.400. The lowest BCUT2D eigenvalue weighted by molar-refractivity contribution is -0.133. The van der Waals surface area contributed by atoms with Gasteiger partial charge in [-0.1, -0.05) is 6.07 Å². The molecule has 0 radical (unpaired) electrons. The van der Waals surface area contributed by atoms with Crippen molar-refractivity contribution in [2.45, 2.75) is 32.4 Å². The molecule has 3 rings (SSSR count). The normalized spacial score (nSPS) is 15.1. The zero-order chi connectivity index (χ0) is 24.8. The molecule has 1 heterocycles. The van der Waals surface area contributed by atoms with Crippen LogP contribution in [0.3, 0.4) is 0 Å². The monoisotopic (exact) mass is 468 g/mol. The van der Waals surface area contributed by atoms with E-state index in [1.54, 1.807) is 28.4 Å². The van der Waals surface area contributed by atoms with Gasteiger partial charge in [0, 0.05) is 19.5 Å². The molecule has 1 aliphatic heterocycles. The first-order chi connectivity index (χ1) is 16.3. The summed E-state index contributed by atoms with van der Waals surface area (Å²) in [6.07, 6.45) is 0.509. The van der Waals surface area contributed by atoms with Crippen molar-refractivity contribution < 1.29 is 23.8 Å². The lowest BCUT2D eigenvalue weighted by atomic mass is 9.98. The third-order valence-corrected chi connectivity index (χ3v) is 5.51. The van der Waals surface area contributed by atoms with Crippen LogP contribution in [0.2, 0.25) is 0 Å². The molecule has 2 aromatic rings. The van der Waals surface area contributed by atoms with Gasteiger partial charge in [-0.2, -0.15) is 5.10 Å². The summed E-state index contributed by atoms with van der Waals surface area (Å²) in [6, 6.07) is 12.4. The summed E-state index contributed by atoms with van der Waals surface area (Å²) >= 11 is 0. The molecule has 0 aliphatic carbocycles. The van der Waals surface area contributed by atoms with Gasteiger partial charge in [0.25, 0.3) is 5.91 Å². The highest BCUT2D eigenvalue weighted by Crippen LogP contribution is 2.37. The zero-order valence-corrected chi connectivity index (χ0v) is 20.5. The molecule has 1 aliphatic rings. The van der Waals surface area contributed by atoms with Crippen LogP contribution in [-0.4, -0.2) is 68.5 Å². The Hall–Kier alpha value is -3.75. The van der Waals surface area contributed by atoms with Gasteiger partial charge in [-0.3, -0.25) is 4.79 Å². The summed E-state index contributed by atoms with van der Waals surface area (Å²) in [5.74, 6) is 1.62. The topological polar surface area (TPSA) is 92.7 Å². The van der Waals surface area contributed by atoms with Crippen LogP contribution in [0.5, 0.6) is 17.2 Å². The van der Waals surface area contributed by atoms with Crippen LogP contribution in [0.25, 0.3) is 0 Å². The molecular weight excluding hydrogens is 436 g/mol. The standard InChI is InChI=1S/C25H32N4O5/c1-16(2)26-25(31)28(3)15-24(30)29-21(18-9-12-22(33-5)23(13-18)34-6)14-20(27-29)17-7-10-19(32-4)11-8-17/h7-13,16,21H,14-15H2,1-6H3,(H,26,31). The van der Waals surface area contributed by atoms with Crippen LogP contribution in [-0.2, 0) is 4.79 Å². The van der Waals surface area contributed by atoms with Crippen molar-refractivity contribution in [3.05, 3.63) is 53.6 Å². The van der Waals surface area contributed by atoms with E-state index in [1.807, 2.05) is 56.3 Å². The molecule has 3 amide bonds. The lowest BCUT2D eigenvalue weighted by Crippen LogP contribution is -2.45. The van der Waals surface area contributed by atoms with Gasteiger partial charge in [0.2, 0.25) is 0 Å². The third-order valence-electron chi connectivity index (χ3n) is 5.51. The molecule has 0 fully saturated rings. The smallest absolute Gasteiger partial charge is 0.317 e. The number of methoxy groups -OCH3 is 3. The number of hydrazone groups is 1. The van der Waals surface area contributed by atoms with E-state index in [4.69, 9.17) is 14.2 Å². The number of carbonyl (C=O) groups excluding carboxylic acids is 2. The van der Waals surface area contributed by atoms with E-state index in [2.05, 4.69) is 10.4 Å². The largest absolute Gasteiger partial charge is 0.497 e. The molecule has 9 nitrogen and oxygen atoms in total. The molecule has 1 N–H and O–H groups in total. The second-order valence-electron chi connectivity index (χ2n) is 8.31. The number of nitrogens with one attached hydrogen (secondary N) is 1. The minimum atomic E-state index is -0.356. The highest BCUT2D eigenvalue weighted by molar-refractivity contribution is 6.03. The molecule has 9 heteroatoms. The minimum Gasteiger partial charge on any atom is -0.497 e. The van der Waals surface area contributed by atoms with Crippen LogP contribution in [0.1, 0.15) is 37.4 Å². The van der Waals surface area contributed by atoms with Gasteiger partial charge in [0.1, 0.15) is 12.3 Å². The molecule has 2 aromatic carbocycles. The Labute approximate surface area is 200 Å². The molecule has 34 heavy (non-hydrogen) atoms. The molecule has 0 saturated carbocycles. The number of urea groups is 1. The van der Waals surface area contributed by atoms with Crippen molar-refractivity contribution in [2.24, 2.45) is 5.10 Å². The summed E-state index contributed by atoms with van der Waals surface area (Å²) in [7, 11) is 6.35. The summed E-state index contributed by atoms with van der Waals surface area (Å²) in [6.45, 7) is 3.63. The first-order valence-corrected chi connectivity index (χ1v) is 11.0. The Balaban J connectivity index is 1.91. The first-order valence-electron chi connectivity index (χ1n) is 11.0. The van der Waals surface area contributed by atoms with Crippen molar-refractivity contribution in [3.8, 4) is 17.2 Å². The van der Waals surface area contributed by atoms with E-state index in [0.29, 0.717) is 17.9 Å². The second-order valence-corrected chi connectivity index (χ2v) is 8.31. The maximum atomic E-state index is 13.3. The van der Waals surface area contributed by atoms with Gasteiger partial charge in [0.05, 0.1) is 33.1 Å². The first kappa shape index (κ1) is 24.9. The van der Waals surface area contributed by atoms with Gasteiger partial charge in [-0.05, 0) is 61.4 Å². The van der Waals surface area contributed by atoms with Gasteiger partial charge in [0.15, 0.2) is 11.5 Å². The predicted molar refractivity (Wildman–Crippen MR) is 130 cm³/mol. The number of rotatable bonds is 8. The fourth-order valence-corrected chi connectivity index (χ4v) is 3.72. The highest BCUT2D eigenvalue weighted by atomic mass is 16.5. The summed E-state index contributed by atoms with van der Waals surface area (Å²) < 4.78 is 16.1. The number of hydrogen-bond donors (Lipinski definition) is 1. The Morgan fingerprint density at radius 1 is 1.06 bits per heavy atom. The van der Waals surface area contributed by atoms with E-state index >= 15 is 0 Å². The SMILES string of the molecule is COc1ccc(C2=NN(C(=O)CN(C)C(=O)NC(C)C)C(c3ccc(OC)c(OC)c3)C2)cc1. The predicted octanol–water partition coefficient (Wildman–Crippen LogP) is 3.44. The average molecular weight is 469 g/mol.